The van der Waals surface area contributed by atoms with Gasteiger partial charge in [0.05, 0.1) is 0 Å². The zero-order valence-electron chi connectivity index (χ0n) is 9.55. The number of nitrogens with two attached hydrogens (primary N) is 1. The van der Waals surface area contributed by atoms with Gasteiger partial charge < -0.3 is 5.73 Å². The summed E-state index contributed by atoms with van der Waals surface area (Å²) < 4.78 is 0. The second kappa shape index (κ2) is 4.15. The normalized spacial score (nSPS) is 30.8. The van der Waals surface area contributed by atoms with Crippen molar-refractivity contribution in [3.8, 4) is 0 Å². The Labute approximate surface area is 96.7 Å². The highest BCUT2D eigenvalue weighted by atomic mass is 15.2. The number of likely N-dealkylation sites (tertiary alicyclic amines) is 1. The minimum atomic E-state index is 0.542. The third kappa shape index (κ3) is 1.74. The molecule has 3 heteroatoms. The maximum absolute atomic E-state index is 5.90. The van der Waals surface area contributed by atoms with Gasteiger partial charge in [-0.2, -0.15) is 0 Å². The van der Waals surface area contributed by atoms with E-state index in [0.29, 0.717) is 12.0 Å². The lowest BCUT2D eigenvalue weighted by atomic mass is 9.94. The fourth-order valence-corrected chi connectivity index (χ4v) is 2.97. The Bertz CT molecular complexity index is 347. The van der Waals surface area contributed by atoms with Crippen molar-refractivity contribution >= 4 is 0 Å². The van der Waals surface area contributed by atoms with Gasteiger partial charge in [0.1, 0.15) is 0 Å². The Morgan fingerprint density at radius 2 is 2.00 bits per heavy atom. The van der Waals surface area contributed by atoms with Gasteiger partial charge in [-0.05, 0) is 56.0 Å². The van der Waals surface area contributed by atoms with Crippen molar-refractivity contribution in [2.75, 3.05) is 13.1 Å². The summed E-state index contributed by atoms with van der Waals surface area (Å²) in [5.74, 6) is 0.628. The number of hydrogen-bond acceptors (Lipinski definition) is 3. The Morgan fingerprint density at radius 3 is 2.62 bits per heavy atom. The van der Waals surface area contributed by atoms with E-state index < -0.39 is 0 Å². The molecule has 0 spiro atoms. The third-order valence-corrected chi connectivity index (χ3v) is 3.93. The van der Waals surface area contributed by atoms with E-state index in [9.17, 15) is 0 Å². The fourth-order valence-electron chi connectivity index (χ4n) is 2.97. The standard InChI is InChI=1S/C13H19N3/c14-9-11-5-8-16(12-1-2-12)13(11)10-3-6-15-7-4-10/h3-4,6-7,11-13H,1-2,5,8-9,14H2. The van der Waals surface area contributed by atoms with Crippen LogP contribution in [0.15, 0.2) is 24.5 Å². The molecule has 2 N–H and O–H groups in total. The van der Waals surface area contributed by atoms with Crippen LogP contribution in [-0.4, -0.2) is 29.0 Å². The molecule has 0 bridgehead atoms. The summed E-state index contributed by atoms with van der Waals surface area (Å²) in [4.78, 5) is 6.76. The summed E-state index contributed by atoms with van der Waals surface area (Å²) >= 11 is 0. The average Bonchev–Trinajstić information content (AvgIpc) is 3.09. The lowest BCUT2D eigenvalue weighted by Gasteiger charge is -2.28. The molecule has 16 heavy (non-hydrogen) atoms. The van der Waals surface area contributed by atoms with E-state index >= 15 is 0 Å². The van der Waals surface area contributed by atoms with Crippen molar-refractivity contribution < 1.29 is 0 Å². The van der Waals surface area contributed by atoms with E-state index in [4.69, 9.17) is 5.73 Å². The summed E-state index contributed by atoms with van der Waals surface area (Å²) in [6.07, 6.45) is 7.79. The van der Waals surface area contributed by atoms with Crippen LogP contribution in [0.5, 0.6) is 0 Å². The molecule has 2 aliphatic rings. The Hall–Kier alpha value is -0.930. The monoisotopic (exact) mass is 217 g/mol. The largest absolute Gasteiger partial charge is 0.330 e. The summed E-state index contributed by atoms with van der Waals surface area (Å²) in [5.41, 5.74) is 7.30. The number of hydrogen-bond donors (Lipinski definition) is 1. The summed E-state index contributed by atoms with van der Waals surface area (Å²) in [5, 5.41) is 0. The minimum Gasteiger partial charge on any atom is -0.330 e. The van der Waals surface area contributed by atoms with E-state index in [1.165, 1.54) is 31.4 Å². The molecule has 1 aliphatic carbocycles. The average molecular weight is 217 g/mol. The van der Waals surface area contributed by atoms with Crippen molar-refractivity contribution in [1.29, 1.82) is 0 Å². The van der Waals surface area contributed by atoms with Gasteiger partial charge in [-0.25, -0.2) is 0 Å². The molecule has 1 aromatic heterocycles. The number of nitrogens with zero attached hydrogens (tertiary/aromatic N) is 2. The molecular weight excluding hydrogens is 198 g/mol. The molecule has 0 radical (unpaired) electrons. The Morgan fingerprint density at radius 1 is 1.25 bits per heavy atom. The third-order valence-electron chi connectivity index (χ3n) is 3.93. The van der Waals surface area contributed by atoms with Crippen molar-refractivity contribution in [2.45, 2.75) is 31.3 Å². The highest BCUT2D eigenvalue weighted by molar-refractivity contribution is 5.19. The van der Waals surface area contributed by atoms with Gasteiger partial charge in [-0.15, -0.1) is 0 Å². The maximum atomic E-state index is 5.90. The van der Waals surface area contributed by atoms with Crippen molar-refractivity contribution in [3.05, 3.63) is 30.1 Å². The van der Waals surface area contributed by atoms with Crippen LogP contribution in [0.4, 0.5) is 0 Å². The first-order valence-corrected chi connectivity index (χ1v) is 6.26. The molecule has 1 aliphatic heterocycles. The van der Waals surface area contributed by atoms with Crippen LogP contribution in [0.2, 0.25) is 0 Å². The molecule has 1 saturated heterocycles. The zero-order valence-corrected chi connectivity index (χ0v) is 9.55. The van der Waals surface area contributed by atoms with Gasteiger partial charge in [-0.1, -0.05) is 0 Å². The summed E-state index contributed by atoms with van der Waals surface area (Å²) in [6, 6.07) is 5.66. The molecule has 1 saturated carbocycles. The second-order valence-corrected chi connectivity index (χ2v) is 4.98. The topological polar surface area (TPSA) is 42.1 Å². The zero-order chi connectivity index (χ0) is 11.0. The fraction of sp³-hybridized carbons (Fsp3) is 0.615. The molecular formula is C13H19N3. The van der Waals surface area contributed by atoms with Crippen molar-refractivity contribution in [3.63, 3.8) is 0 Å². The van der Waals surface area contributed by atoms with E-state index in [1.54, 1.807) is 0 Å². The Kier molecular flexibility index (Phi) is 2.65. The second-order valence-electron chi connectivity index (χ2n) is 4.98. The van der Waals surface area contributed by atoms with Crippen LogP contribution in [0, 0.1) is 5.92 Å². The number of pyridine rings is 1. The molecule has 1 aromatic rings. The molecule has 3 rings (SSSR count). The van der Waals surface area contributed by atoms with Gasteiger partial charge >= 0.3 is 0 Å². The lowest BCUT2D eigenvalue weighted by Crippen LogP contribution is -2.29. The van der Waals surface area contributed by atoms with Crippen LogP contribution in [-0.2, 0) is 0 Å². The van der Waals surface area contributed by atoms with Crippen molar-refractivity contribution in [1.82, 2.24) is 9.88 Å². The summed E-state index contributed by atoms with van der Waals surface area (Å²) in [7, 11) is 0. The van der Waals surface area contributed by atoms with E-state index in [-0.39, 0.29) is 0 Å². The lowest BCUT2D eigenvalue weighted by molar-refractivity contribution is 0.220. The van der Waals surface area contributed by atoms with Crippen LogP contribution in [0.1, 0.15) is 30.9 Å². The molecule has 0 amide bonds. The Balaban J connectivity index is 1.87. The maximum Gasteiger partial charge on any atom is 0.0392 e. The SMILES string of the molecule is NCC1CCN(C2CC2)C1c1ccncc1. The molecule has 0 aromatic carbocycles. The first kappa shape index (κ1) is 10.2. The highest BCUT2D eigenvalue weighted by Crippen LogP contribution is 2.43. The van der Waals surface area contributed by atoms with Crippen LogP contribution < -0.4 is 5.73 Å². The van der Waals surface area contributed by atoms with E-state index in [2.05, 4.69) is 22.0 Å². The number of aromatic nitrogens is 1. The summed E-state index contributed by atoms with van der Waals surface area (Å²) in [6.45, 7) is 2.02. The van der Waals surface area contributed by atoms with Crippen molar-refractivity contribution in [2.24, 2.45) is 11.7 Å². The molecule has 3 nitrogen and oxygen atoms in total. The first-order chi connectivity index (χ1) is 7.90. The van der Waals surface area contributed by atoms with Gasteiger partial charge in [0.15, 0.2) is 0 Å². The minimum absolute atomic E-state index is 0.542. The van der Waals surface area contributed by atoms with E-state index in [0.717, 1.165) is 12.6 Å². The first-order valence-electron chi connectivity index (χ1n) is 6.26. The van der Waals surface area contributed by atoms with Gasteiger partial charge in [0.2, 0.25) is 0 Å². The molecule has 86 valence electrons. The molecule has 2 unspecified atom stereocenters. The molecule has 2 atom stereocenters. The van der Waals surface area contributed by atoms with Gasteiger partial charge in [0, 0.05) is 24.5 Å². The predicted octanol–water partition coefficient (Wildman–Crippen LogP) is 1.57. The predicted molar refractivity (Wildman–Crippen MR) is 63.9 cm³/mol. The van der Waals surface area contributed by atoms with Gasteiger partial charge in [-0.3, -0.25) is 9.88 Å². The smallest absolute Gasteiger partial charge is 0.0392 e. The number of rotatable bonds is 3. The van der Waals surface area contributed by atoms with Gasteiger partial charge in [0.25, 0.3) is 0 Å². The van der Waals surface area contributed by atoms with Crippen LogP contribution in [0.25, 0.3) is 0 Å². The molecule has 2 heterocycles. The molecule has 2 fully saturated rings. The highest BCUT2D eigenvalue weighted by Gasteiger charge is 2.41. The van der Waals surface area contributed by atoms with E-state index in [1.807, 2.05) is 12.4 Å². The quantitative estimate of drug-likeness (QED) is 0.835. The van der Waals surface area contributed by atoms with Crippen LogP contribution >= 0.6 is 0 Å². The van der Waals surface area contributed by atoms with Crippen LogP contribution in [0.3, 0.4) is 0 Å².